The molecule has 1 aromatic heterocycles. The van der Waals surface area contributed by atoms with Gasteiger partial charge in [0.15, 0.2) is 5.75 Å². The van der Waals surface area contributed by atoms with Crippen LogP contribution in [-0.4, -0.2) is 19.8 Å². The first-order chi connectivity index (χ1) is 21.0. The van der Waals surface area contributed by atoms with E-state index < -0.39 is 5.63 Å². The van der Waals surface area contributed by atoms with Crippen molar-refractivity contribution in [2.24, 2.45) is 0 Å². The van der Waals surface area contributed by atoms with Crippen LogP contribution in [0, 0.1) is 0 Å². The zero-order chi connectivity index (χ0) is 32.5. The van der Waals surface area contributed by atoms with Gasteiger partial charge in [-0.1, -0.05) is 57.7 Å². The second-order valence-electron chi connectivity index (χ2n) is 12.2. The molecule has 0 atom stereocenters. The number of ether oxygens (including phenoxy) is 3. The van der Waals surface area contributed by atoms with Gasteiger partial charge in [-0.3, -0.25) is 0 Å². The van der Waals surface area contributed by atoms with E-state index in [-0.39, 0.29) is 12.4 Å². The van der Waals surface area contributed by atoms with Crippen LogP contribution in [0.3, 0.4) is 0 Å². The van der Waals surface area contributed by atoms with Crippen molar-refractivity contribution >= 4 is 11.0 Å². The minimum atomic E-state index is -0.570. The number of allylic oxidation sites excluding steroid dienone is 9. The summed E-state index contributed by atoms with van der Waals surface area (Å²) in [6, 6.07) is 5.45. The van der Waals surface area contributed by atoms with Gasteiger partial charge in [-0.2, -0.15) is 0 Å². The molecule has 0 radical (unpaired) electrons. The maximum atomic E-state index is 13.2. The largest absolute Gasteiger partial charge is 0.489 e. The van der Waals surface area contributed by atoms with Crippen molar-refractivity contribution in [1.29, 1.82) is 0 Å². The second kappa shape index (κ2) is 19.5. The van der Waals surface area contributed by atoms with E-state index in [4.69, 9.17) is 18.6 Å². The van der Waals surface area contributed by atoms with Crippen molar-refractivity contribution in [2.75, 3.05) is 19.8 Å². The molecule has 5 heteroatoms. The van der Waals surface area contributed by atoms with Crippen LogP contribution in [-0.2, 0) is 0 Å². The van der Waals surface area contributed by atoms with Crippen molar-refractivity contribution in [3.63, 3.8) is 0 Å². The van der Waals surface area contributed by atoms with Crippen LogP contribution in [0.5, 0.6) is 17.2 Å². The summed E-state index contributed by atoms with van der Waals surface area (Å²) in [6.07, 6.45) is 18.7. The first kappa shape index (κ1) is 36.5. The molecule has 2 rings (SSSR count). The van der Waals surface area contributed by atoms with Crippen molar-refractivity contribution in [3.05, 3.63) is 98.5 Å². The number of hydrogen-bond donors (Lipinski definition) is 0. The average Bonchev–Trinajstić information content (AvgIpc) is 2.93. The Labute approximate surface area is 265 Å². The molecule has 1 aromatic carbocycles. The molecule has 0 aliphatic heterocycles. The smallest absolute Gasteiger partial charge is 0.383 e. The molecule has 0 aliphatic rings. The van der Waals surface area contributed by atoms with Gasteiger partial charge in [-0.15, -0.1) is 0 Å². The Balaban J connectivity index is 2.38. The average molecular weight is 603 g/mol. The normalized spacial score (nSPS) is 12.2. The summed E-state index contributed by atoms with van der Waals surface area (Å²) in [5.74, 6) is 0.989. The molecule has 0 aliphatic carbocycles. The molecule has 0 saturated carbocycles. The predicted octanol–water partition coefficient (Wildman–Crippen LogP) is 11.0. The van der Waals surface area contributed by atoms with Crippen LogP contribution < -0.4 is 19.8 Å². The molecule has 240 valence electrons. The van der Waals surface area contributed by atoms with Gasteiger partial charge in [0.05, 0.1) is 0 Å². The summed E-state index contributed by atoms with van der Waals surface area (Å²) in [4.78, 5) is 13.2. The van der Waals surface area contributed by atoms with Crippen LogP contribution in [0.25, 0.3) is 11.0 Å². The Morgan fingerprint density at radius 3 is 1.48 bits per heavy atom. The molecule has 44 heavy (non-hydrogen) atoms. The van der Waals surface area contributed by atoms with Crippen molar-refractivity contribution in [3.8, 4) is 17.2 Å². The molecule has 2 aromatic rings. The van der Waals surface area contributed by atoms with E-state index >= 15 is 0 Å². The molecule has 0 saturated heterocycles. The highest BCUT2D eigenvalue weighted by molar-refractivity contribution is 5.91. The molecule has 0 unspecified atom stereocenters. The van der Waals surface area contributed by atoms with Gasteiger partial charge in [0, 0.05) is 0 Å². The van der Waals surface area contributed by atoms with Crippen molar-refractivity contribution in [1.82, 2.24) is 0 Å². The van der Waals surface area contributed by atoms with Gasteiger partial charge in [-0.05, 0) is 131 Å². The quantitative estimate of drug-likeness (QED) is 0.125. The van der Waals surface area contributed by atoms with Crippen molar-refractivity contribution < 1.29 is 18.6 Å². The third-order valence-corrected chi connectivity index (χ3v) is 7.07. The molecule has 1 heterocycles. The van der Waals surface area contributed by atoms with Crippen LogP contribution in [0.15, 0.2) is 97.3 Å². The summed E-state index contributed by atoms with van der Waals surface area (Å²) in [5.41, 5.74) is 7.44. The van der Waals surface area contributed by atoms with Gasteiger partial charge in [0.1, 0.15) is 36.5 Å². The number of hydrogen-bond acceptors (Lipinski definition) is 5. The Morgan fingerprint density at radius 1 is 0.591 bits per heavy atom. The first-order valence-electron chi connectivity index (χ1n) is 15.8. The van der Waals surface area contributed by atoms with Gasteiger partial charge in [0.25, 0.3) is 0 Å². The Bertz CT molecular complexity index is 1450. The van der Waals surface area contributed by atoms with Crippen LogP contribution in [0.4, 0.5) is 0 Å². The lowest BCUT2D eigenvalue weighted by Crippen LogP contribution is -2.11. The first-order valence-corrected chi connectivity index (χ1v) is 15.8. The van der Waals surface area contributed by atoms with E-state index in [2.05, 4.69) is 92.7 Å². The Kier molecular flexibility index (Phi) is 16.2. The molecule has 0 bridgehead atoms. The van der Waals surface area contributed by atoms with Crippen molar-refractivity contribution in [2.45, 2.75) is 101 Å². The molecule has 0 fully saturated rings. The highest BCUT2D eigenvalue weighted by Gasteiger charge is 2.21. The van der Waals surface area contributed by atoms with Gasteiger partial charge < -0.3 is 18.6 Å². The minimum Gasteiger partial charge on any atom is -0.489 e. The van der Waals surface area contributed by atoms with E-state index in [1.165, 1.54) is 33.4 Å². The van der Waals surface area contributed by atoms with Gasteiger partial charge in [0.2, 0.25) is 5.75 Å². The van der Waals surface area contributed by atoms with Crippen LogP contribution in [0.1, 0.15) is 101 Å². The van der Waals surface area contributed by atoms with E-state index in [0.717, 1.165) is 38.5 Å². The van der Waals surface area contributed by atoms with E-state index in [1.807, 2.05) is 18.2 Å². The van der Waals surface area contributed by atoms with Gasteiger partial charge in [-0.25, -0.2) is 4.79 Å². The van der Waals surface area contributed by atoms with Crippen LogP contribution in [0.2, 0.25) is 0 Å². The maximum Gasteiger partial charge on any atom is 0.383 e. The zero-order valence-corrected chi connectivity index (χ0v) is 28.6. The fourth-order valence-electron chi connectivity index (χ4n) is 4.43. The predicted molar refractivity (Wildman–Crippen MR) is 186 cm³/mol. The molecule has 0 spiro atoms. The molecule has 0 N–H and O–H groups in total. The van der Waals surface area contributed by atoms with E-state index in [1.54, 1.807) is 6.07 Å². The summed E-state index contributed by atoms with van der Waals surface area (Å²) >= 11 is 0. The fourth-order valence-corrected chi connectivity index (χ4v) is 4.43. The Hall–Kier alpha value is -3.73. The summed E-state index contributed by atoms with van der Waals surface area (Å²) in [5, 5.41) is 0.595. The third kappa shape index (κ3) is 13.7. The standard InChI is InChI=1S/C39H54O5/c1-28(2)14-10-17-31(7)22-25-41-34-20-13-21-35-36(34)37(42-26-23-32(8)18-11-15-29(3)4)38(39(40)44-35)43-27-24-33(9)19-12-16-30(5)6/h13-16,20-24H,10-12,17-19,25-27H2,1-9H3/b31-22+,32-23+,33-24+. The third-order valence-electron chi connectivity index (χ3n) is 7.07. The lowest BCUT2D eigenvalue weighted by atomic mass is 10.1. The molecular formula is C39H54O5. The Morgan fingerprint density at radius 2 is 1.02 bits per heavy atom. The van der Waals surface area contributed by atoms with Gasteiger partial charge >= 0.3 is 5.63 Å². The van der Waals surface area contributed by atoms with E-state index in [0.29, 0.717) is 35.7 Å². The highest BCUT2D eigenvalue weighted by Crippen LogP contribution is 2.39. The summed E-state index contributed by atoms with van der Waals surface area (Å²) in [7, 11) is 0. The number of benzene rings is 1. The lowest BCUT2D eigenvalue weighted by Gasteiger charge is -2.15. The number of fused-ring (bicyclic) bond motifs is 1. The second-order valence-corrected chi connectivity index (χ2v) is 12.2. The maximum absolute atomic E-state index is 13.2. The molecule has 0 amide bonds. The van der Waals surface area contributed by atoms with Crippen LogP contribution >= 0.6 is 0 Å². The topological polar surface area (TPSA) is 57.9 Å². The lowest BCUT2D eigenvalue weighted by molar-refractivity contribution is 0.293. The molecular weight excluding hydrogens is 548 g/mol. The molecule has 5 nitrogen and oxygen atoms in total. The summed E-state index contributed by atoms with van der Waals surface area (Å²) < 4.78 is 24.3. The number of rotatable bonds is 18. The SMILES string of the molecule is CC(C)=CCC/C(C)=C/COc1c(OC/C=C(\C)CCC=C(C)C)c2c(OC/C=C(\C)CCC=C(C)C)cccc2oc1=O. The van der Waals surface area contributed by atoms with E-state index in [9.17, 15) is 4.79 Å². The summed E-state index contributed by atoms with van der Waals surface area (Å²) in [6.45, 7) is 19.9. The monoisotopic (exact) mass is 602 g/mol. The minimum absolute atomic E-state index is 0.0611. The zero-order valence-electron chi connectivity index (χ0n) is 28.6. The fraction of sp³-hybridized carbons (Fsp3) is 0.462. The highest BCUT2D eigenvalue weighted by atomic mass is 16.5.